The Bertz CT molecular complexity index is 558. The minimum atomic E-state index is 0.150. The highest BCUT2D eigenvalue weighted by Crippen LogP contribution is 2.44. The van der Waals surface area contributed by atoms with Crippen LogP contribution in [0.2, 0.25) is 0 Å². The van der Waals surface area contributed by atoms with Crippen LogP contribution in [0, 0.1) is 11.8 Å². The number of amides is 1. The van der Waals surface area contributed by atoms with Crippen LogP contribution in [0.5, 0.6) is 0 Å². The average molecular weight is 328 g/mol. The molecule has 1 aromatic rings. The van der Waals surface area contributed by atoms with E-state index < -0.39 is 0 Å². The van der Waals surface area contributed by atoms with E-state index in [0.717, 1.165) is 45.4 Å². The van der Waals surface area contributed by atoms with Crippen molar-refractivity contribution in [3.05, 3.63) is 35.9 Å². The maximum absolute atomic E-state index is 12.8. The van der Waals surface area contributed by atoms with Crippen molar-refractivity contribution < 1.29 is 4.79 Å². The first-order valence-corrected chi connectivity index (χ1v) is 9.37. The Kier molecular flexibility index (Phi) is 4.83. The zero-order valence-electron chi connectivity index (χ0n) is 14.2. The van der Waals surface area contributed by atoms with E-state index in [2.05, 4.69) is 51.4 Å². The topological polar surface area (TPSA) is 56.4 Å². The Morgan fingerprint density at radius 1 is 1.21 bits per heavy atom. The molecule has 5 nitrogen and oxygen atoms in total. The van der Waals surface area contributed by atoms with Crippen LogP contribution in [0.15, 0.2) is 30.3 Å². The molecule has 0 aromatic heterocycles. The maximum Gasteiger partial charge on any atom is 0.224 e. The molecule has 0 radical (unpaired) electrons. The third-order valence-corrected chi connectivity index (χ3v) is 5.96. The van der Waals surface area contributed by atoms with Gasteiger partial charge in [-0.3, -0.25) is 20.5 Å². The van der Waals surface area contributed by atoms with Crippen LogP contribution in [-0.4, -0.2) is 43.0 Å². The molecule has 3 aliphatic heterocycles. The highest BCUT2D eigenvalue weighted by Gasteiger charge is 2.46. The number of carbonyl (C=O) groups is 1. The van der Waals surface area contributed by atoms with E-state index in [4.69, 9.17) is 0 Å². The molecule has 24 heavy (non-hydrogen) atoms. The fraction of sp³-hybridized carbons (Fsp3) is 0.632. The first-order valence-electron chi connectivity index (χ1n) is 9.37. The fourth-order valence-corrected chi connectivity index (χ4v) is 4.69. The van der Waals surface area contributed by atoms with Crippen molar-refractivity contribution in [2.75, 3.05) is 26.2 Å². The number of hydrogen-bond donors (Lipinski definition) is 3. The van der Waals surface area contributed by atoms with E-state index in [1.54, 1.807) is 0 Å². The minimum absolute atomic E-state index is 0.150. The summed E-state index contributed by atoms with van der Waals surface area (Å²) in [6.45, 7) is 3.94. The highest BCUT2D eigenvalue weighted by atomic mass is 16.2. The van der Waals surface area contributed by atoms with Crippen molar-refractivity contribution in [1.82, 2.24) is 21.1 Å². The Labute approximate surface area is 144 Å². The molecule has 1 amide bonds. The van der Waals surface area contributed by atoms with E-state index in [1.165, 1.54) is 12.0 Å². The number of nitrogens with zero attached hydrogens (tertiary/aromatic N) is 1. The van der Waals surface area contributed by atoms with Gasteiger partial charge in [0, 0.05) is 31.7 Å². The molecule has 0 saturated carbocycles. The molecule has 130 valence electrons. The summed E-state index contributed by atoms with van der Waals surface area (Å²) in [6.07, 6.45) is 4.40. The number of fused-ring (bicyclic) bond motifs is 1. The van der Waals surface area contributed by atoms with Gasteiger partial charge in [0.15, 0.2) is 0 Å². The molecular formula is C19H28N4O. The van der Waals surface area contributed by atoms with Crippen molar-refractivity contribution in [2.45, 2.75) is 37.8 Å². The van der Waals surface area contributed by atoms with E-state index in [0.29, 0.717) is 18.0 Å². The van der Waals surface area contributed by atoms with Gasteiger partial charge in [0.1, 0.15) is 0 Å². The summed E-state index contributed by atoms with van der Waals surface area (Å²) < 4.78 is 0. The standard InChI is InChI=1S/C19H28N4O/c24-19(20-9-8-14-12-21-22-13-14)16-11-18(15-5-2-1-3-6-15)23-10-4-7-17(16)23/h1-3,5-6,14,16-18,21-22H,4,7-13H2,(H,20,24)/t16-,17+,18-/m1/s1. The monoisotopic (exact) mass is 328 g/mol. The summed E-state index contributed by atoms with van der Waals surface area (Å²) in [6, 6.07) is 11.6. The summed E-state index contributed by atoms with van der Waals surface area (Å²) in [7, 11) is 0. The number of carbonyl (C=O) groups excluding carboxylic acids is 1. The Hall–Kier alpha value is -1.43. The molecule has 0 aliphatic carbocycles. The Balaban J connectivity index is 1.37. The lowest BCUT2D eigenvalue weighted by Crippen LogP contribution is -2.38. The van der Waals surface area contributed by atoms with Crippen molar-refractivity contribution in [3.8, 4) is 0 Å². The highest BCUT2D eigenvalue weighted by molar-refractivity contribution is 5.80. The maximum atomic E-state index is 12.8. The number of hydrogen-bond acceptors (Lipinski definition) is 4. The number of rotatable bonds is 5. The third kappa shape index (κ3) is 3.21. The molecule has 3 N–H and O–H groups in total. The molecule has 3 aliphatic rings. The van der Waals surface area contributed by atoms with Gasteiger partial charge in [-0.05, 0) is 43.7 Å². The van der Waals surface area contributed by atoms with Crippen LogP contribution in [0.3, 0.4) is 0 Å². The predicted molar refractivity (Wildman–Crippen MR) is 94.1 cm³/mol. The largest absolute Gasteiger partial charge is 0.356 e. The molecule has 4 rings (SSSR count). The second kappa shape index (κ2) is 7.21. The summed E-state index contributed by atoms with van der Waals surface area (Å²) in [4.78, 5) is 15.3. The van der Waals surface area contributed by atoms with Crippen molar-refractivity contribution >= 4 is 5.91 Å². The van der Waals surface area contributed by atoms with Crippen LogP contribution >= 0.6 is 0 Å². The zero-order chi connectivity index (χ0) is 16.4. The fourth-order valence-electron chi connectivity index (χ4n) is 4.69. The number of nitrogens with one attached hydrogen (secondary N) is 3. The summed E-state index contributed by atoms with van der Waals surface area (Å²) in [5.74, 6) is 1.05. The lowest BCUT2D eigenvalue weighted by Gasteiger charge is -2.24. The second-order valence-electron chi connectivity index (χ2n) is 7.42. The molecular weight excluding hydrogens is 300 g/mol. The first kappa shape index (κ1) is 16.1. The smallest absolute Gasteiger partial charge is 0.224 e. The van der Waals surface area contributed by atoms with Gasteiger partial charge in [-0.25, -0.2) is 0 Å². The van der Waals surface area contributed by atoms with Gasteiger partial charge in [0.05, 0.1) is 5.92 Å². The minimum Gasteiger partial charge on any atom is -0.356 e. The van der Waals surface area contributed by atoms with Gasteiger partial charge in [0.2, 0.25) is 5.91 Å². The zero-order valence-corrected chi connectivity index (χ0v) is 14.2. The lowest BCUT2D eigenvalue weighted by molar-refractivity contribution is -0.125. The second-order valence-corrected chi connectivity index (χ2v) is 7.42. The summed E-state index contributed by atoms with van der Waals surface area (Å²) in [5, 5.41) is 3.21. The average Bonchev–Trinajstić information content (AvgIpc) is 3.33. The van der Waals surface area contributed by atoms with Gasteiger partial charge < -0.3 is 5.32 Å². The normalized spacial score (nSPS) is 30.6. The Morgan fingerprint density at radius 2 is 2.00 bits per heavy atom. The van der Waals surface area contributed by atoms with E-state index >= 15 is 0 Å². The van der Waals surface area contributed by atoms with E-state index in [9.17, 15) is 4.79 Å². The van der Waals surface area contributed by atoms with Gasteiger partial charge in [-0.2, -0.15) is 0 Å². The predicted octanol–water partition coefficient (Wildman–Crippen LogP) is 1.44. The Morgan fingerprint density at radius 3 is 2.79 bits per heavy atom. The van der Waals surface area contributed by atoms with Crippen LogP contribution < -0.4 is 16.2 Å². The van der Waals surface area contributed by atoms with E-state index in [1.807, 2.05) is 0 Å². The SMILES string of the molecule is O=C(NCCC1CNNC1)[C@@H]1C[C@H](c2ccccc2)N2CCC[C@@H]12. The van der Waals surface area contributed by atoms with Crippen molar-refractivity contribution in [2.24, 2.45) is 11.8 Å². The molecule has 1 aromatic carbocycles. The van der Waals surface area contributed by atoms with Gasteiger partial charge in [-0.1, -0.05) is 30.3 Å². The van der Waals surface area contributed by atoms with Crippen LogP contribution in [-0.2, 0) is 4.79 Å². The molecule has 3 atom stereocenters. The molecule has 0 spiro atoms. The van der Waals surface area contributed by atoms with Crippen molar-refractivity contribution in [3.63, 3.8) is 0 Å². The van der Waals surface area contributed by atoms with Crippen LogP contribution in [0.4, 0.5) is 0 Å². The lowest BCUT2D eigenvalue weighted by atomic mass is 9.93. The summed E-state index contributed by atoms with van der Waals surface area (Å²) in [5.41, 5.74) is 7.66. The van der Waals surface area contributed by atoms with Gasteiger partial charge >= 0.3 is 0 Å². The quantitative estimate of drug-likeness (QED) is 0.766. The molecule has 3 fully saturated rings. The molecule has 3 heterocycles. The van der Waals surface area contributed by atoms with Crippen LogP contribution in [0.25, 0.3) is 0 Å². The molecule has 3 saturated heterocycles. The third-order valence-electron chi connectivity index (χ3n) is 5.96. The van der Waals surface area contributed by atoms with Gasteiger partial charge in [-0.15, -0.1) is 0 Å². The molecule has 0 bridgehead atoms. The first-order chi connectivity index (χ1) is 11.8. The summed E-state index contributed by atoms with van der Waals surface area (Å²) >= 11 is 0. The van der Waals surface area contributed by atoms with E-state index in [-0.39, 0.29) is 11.8 Å². The molecule has 0 unspecified atom stereocenters. The van der Waals surface area contributed by atoms with Crippen molar-refractivity contribution in [1.29, 1.82) is 0 Å². The number of hydrazine groups is 1. The number of benzene rings is 1. The molecule has 5 heteroatoms. The van der Waals surface area contributed by atoms with Crippen LogP contribution in [0.1, 0.15) is 37.3 Å². The van der Waals surface area contributed by atoms with Gasteiger partial charge in [0.25, 0.3) is 0 Å².